The molecule has 3 heterocycles. The van der Waals surface area contributed by atoms with Gasteiger partial charge in [0.05, 0.1) is 12.6 Å². The second-order valence-corrected chi connectivity index (χ2v) is 11.5. The summed E-state index contributed by atoms with van der Waals surface area (Å²) in [6, 6.07) is 6.89. The molecule has 3 aliphatic rings. The lowest BCUT2D eigenvalue weighted by molar-refractivity contribution is -0.142. The van der Waals surface area contributed by atoms with Crippen molar-refractivity contribution in [3.05, 3.63) is 35.4 Å². The highest BCUT2D eigenvalue weighted by Crippen LogP contribution is 2.32. The van der Waals surface area contributed by atoms with Crippen LogP contribution in [0.1, 0.15) is 75.7 Å². The molecule has 0 radical (unpaired) electrons. The Morgan fingerprint density at radius 3 is 2.47 bits per heavy atom. The smallest absolute Gasteiger partial charge is 0.252 e. The highest BCUT2D eigenvalue weighted by molar-refractivity contribution is 5.98. The first-order valence-corrected chi connectivity index (χ1v) is 13.2. The maximum atomic E-state index is 13.1. The van der Waals surface area contributed by atoms with Crippen molar-refractivity contribution in [1.29, 1.82) is 0 Å². The quantitative estimate of drug-likeness (QED) is 0.625. The van der Waals surface area contributed by atoms with Gasteiger partial charge in [0.1, 0.15) is 12.1 Å². The second kappa shape index (κ2) is 10.7. The van der Waals surface area contributed by atoms with Crippen LogP contribution in [0.5, 0.6) is 0 Å². The van der Waals surface area contributed by atoms with E-state index in [2.05, 4.69) is 26.1 Å². The molecule has 0 aromatic heterocycles. The molecule has 196 valence electrons. The molecule has 3 amide bonds. The van der Waals surface area contributed by atoms with E-state index < -0.39 is 12.1 Å². The molecule has 3 saturated heterocycles. The van der Waals surface area contributed by atoms with Crippen LogP contribution >= 0.6 is 0 Å². The lowest BCUT2D eigenvalue weighted by Gasteiger charge is -2.26. The lowest BCUT2D eigenvalue weighted by Crippen LogP contribution is -2.45. The number of hydrogen-bond donors (Lipinski definition) is 1. The summed E-state index contributed by atoms with van der Waals surface area (Å²) in [5.41, 5.74) is 1.83. The third-order valence-electron chi connectivity index (χ3n) is 7.69. The van der Waals surface area contributed by atoms with Gasteiger partial charge in [-0.15, -0.1) is 0 Å². The highest BCUT2D eigenvalue weighted by Gasteiger charge is 2.52. The minimum Gasteiger partial charge on any atom is -0.368 e. The topological polar surface area (TPSA) is 96.0 Å². The van der Waals surface area contributed by atoms with Gasteiger partial charge in [-0.1, -0.05) is 39.8 Å². The summed E-state index contributed by atoms with van der Waals surface area (Å²) in [6.45, 7) is 10.0. The van der Waals surface area contributed by atoms with E-state index in [1.165, 1.54) is 5.56 Å². The molecule has 4 atom stereocenters. The minimum absolute atomic E-state index is 0.0354. The van der Waals surface area contributed by atoms with Gasteiger partial charge in [-0.2, -0.15) is 0 Å². The second-order valence-electron chi connectivity index (χ2n) is 11.5. The number of Topliss-reactive ketones (excluding diaryl/α,β-unsaturated/α-hetero) is 1. The molecule has 0 saturated carbocycles. The van der Waals surface area contributed by atoms with Gasteiger partial charge in [0.15, 0.2) is 5.78 Å². The maximum Gasteiger partial charge on any atom is 0.252 e. The molecular weight excluding hydrogens is 458 g/mol. The zero-order valence-electron chi connectivity index (χ0n) is 21.9. The molecule has 0 aliphatic carbocycles. The van der Waals surface area contributed by atoms with Gasteiger partial charge in [-0.25, -0.2) is 0 Å². The van der Waals surface area contributed by atoms with Crippen molar-refractivity contribution in [2.75, 3.05) is 26.2 Å². The Kier molecular flexibility index (Phi) is 7.83. The summed E-state index contributed by atoms with van der Waals surface area (Å²) in [6.07, 6.45) is 2.70. The van der Waals surface area contributed by atoms with Gasteiger partial charge in [0.25, 0.3) is 11.8 Å². The van der Waals surface area contributed by atoms with E-state index in [0.717, 1.165) is 6.42 Å². The molecule has 1 N–H and O–H groups in total. The number of carbonyl (C=O) groups excluding carboxylic acids is 4. The number of hydrogen-bond acceptors (Lipinski definition) is 5. The molecule has 0 spiro atoms. The molecule has 0 bridgehead atoms. The number of carbonyl (C=O) groups is 4. The Morgan fingerprint density at radius 1 is 1.11 bits per heavy atom. The number of likely N-dealkylation sites (tertiary alicyclic amines) is 2. The fraction of sp³-hybridized carbons (Fsp3) is 0.643. The normalized spacial score (nSPS) is 24.7. The number of rotatable bonds is 7. The van der Waals surface area contributed by atoms with Crippen molar-refractivity contribution in [2.24, 2.45) is 5.92 Å². The molecule has 1 aromatic carbocycles. The molecule has 4 unspecified atom stereocenters. The number of nitrogens with zero attached hydrogens (tertiary/aromatic N) is 2. The Bertz CT molecular complexity index is 993. The zero-order chi connectivity index (χ0) is 26.0. The first kappa shape index (κ1) is 26.3. The molecule has 8 heteroatoms. The standard InChI is InChI=1S/C28H39N3O5/c1-18(11-13-29-26(34)19-7-9-20(10-8-19)28(2,3)4)16-24(33)30-14-12-21-25(30)22(32)17-31(21)27(35)23-6-5-15-36-23/h7-10,18,21,23,25H,5-6,11-17H2,1-4H3,(H,29,34). The van der Waals surface area contributed by atoms with E-state index in [0.29, 0.717) is 50.9 Å². The fourth-order valence-corrected chi connectivity index (χ4v) is 5.52. The summed E-state index contributed by atoms with van der Waals surface area (Å²) < 4.78 is 5.53. The summed E-state index contributed by atoms with van der Waals surface area (Å²) in [7, 11) is 0. The predicted octanol–water partition coefficient (Wildman–Crippen LogP) is 2.69. The van der Waals surface area contributed by atoms with Crippen LogP contribution in [0.15, 0.2) is 24.3 Å². The van der Waals surface area contributed by atoms with Crippen molar-refractivity contribution in [3.8, 4) is 0 Å². The van der Waals surface area contributed by atoms with E-state index in [1.54, 1.807) is 9.80 Å². The van der Waals surface area contributed by atoms with E-state index in [4.69, 9.17) is 4.74 Å². The highest BCUT2D eigenvalue weighted by atomic mass is 16.5. The fourth-order valence-electron chi connectivity index (χ4n) is 5.52. The zero-order valence-corrected chi connectivity index (χ0v) is 21.9. The largest absolute Gasteiger partial charge is 0.368 e. The maximum absolute atomic E-state index is 13.1. The lowest BCUT2D eigenvalue weighted by atomic mass is 9.87. The van der Waals surface area contributed by atoms with Gasteiger partial charge in [0, 0.05) is 31.7 Å². The molecular formula is C28H39N3O5. The summed E-state index contributed by atoms with van der Waals surface area (Å²) >= 11 is 0. The van der Waals surface area contributed by atoms with Gasteiger partial charge in [-0.05, 0) is 54.7 Å². The Morgan fingerprint density at radius 2 is 1.83 bits per heavy atom. The molecule has 3 fully saturated rings. The van der Waals surface area contributed by atoms with Crippen molar-refractivity contribution in [3.63, 3.8) is 0 Å². The number of benzene rings is 1. The van der Waals surface area contributed by atoms with E-state index >= 15 is 0 Å². The summed E-state index contributed by atoms with van der Waals surface area (Å²) in [4.78, 5) is 54.5. The third-order valence-corrected chi connectivity index (χ3v) is 7.69. The molecule has 1 aromatic rings. The van der Waals surface area contributed by atoms with Crippen molar-refractivity contribution in [2.45, 2.75) is 83.4 Å². The van der Waals surface area contributed by atoms with E-state index in [-0.39, 0.29) is 47.4 Å². The Labute approximate surface area is 213 Å². The van der Waals surface area contributed by atoms with Crippen LogP contribution in [-0.4, -0.2) is 77.7 Å². The SMILES string of the molecule is CC(CCNC(=O)c1ccc(C(C)(C)C)cc1)CC(=O)N1CCC2C1C(=O)CN2C(=O)C1CCCO1. The van der Waals surface area contributed by atoms with Gasteiger partial charge >= 0.3 is 0 Å². The predicted molar refractivity (Wildman–Crippen MR) is 135 cm³/mol. The number of fused-ring (bicyclic) bond motifs is 1. The summed E-state index contributed by atoms with van der Waals surface area (Å²) in [5, 5.41) is 2.95. The number of ketones is 1. The van der Waals surface area contributed by atoms with Gasteiger partial charge in [-0.3, -0.25) is 19.2 Å². The van der Waals surface area contributed by atoms with E-state index in [1.807, 2.05) is 31.2 Å². The van der Waals surface area contributed by atoms with Crippen molar-refractivity contribution >= 4 is 23.5 Å². The summed E-state index contributed by atoms with van der Waals surface area (Å²) in [5.74, 6) is -0.293. The van der Waals surface area contributed by atoms with Crippen LogP contribution < -0.4 is 5.32 Å². The Balaban J connectivity index is 1.24. The monoisotopic (exact) mass is 497 g/mol. The van der Waals surface area contributed by atoms with E-state index in [9.17, 15) is 19.2 Å². The van der Waals surface area contributed by atoms with Crippen LogP contribution in [0.3, 0.4) is 0 Å². The average Bonchev–Trinajstić information content (AvgIpc) is 3.57. The molecule has 36 heavy (non-hydrogen) atoms. The number of amides is 3. The first-order chi connectivity index (χ1) is 17.1. The van der Waals surface area contributed by atoms with Gasteiger partial charge < -0.3 is 19.9 Å². The van der Waals surface area contributed by atoms with Crippen LogP contribution in [0.4, 0.5) is 0 Å². The van der Waals surface area contributed by atoms with Crippen LogP contribution in [0.25, 0.3) is 0 Å². The first-order valence-electron chi connectivity index (χ1n) is 13.2. The molecule has 3 aliphatic heterocycles. The van der Waals surface area contributed by atoms with Crippen LogP contribution in [0, 0.1) is 5.92 Å². The Hall–Kier alpha value is -2.74. The third kappa shape index (κ3) is 5.64. The number of nitrogens with one attached hydrogen (secondary N) is 1. The molecule has 8 nitrogen and oxygen atoms in total. The molecule has 4 rings (SSSR count). The van der Waals surface area contributed by atoms with Gasteiger partial charge in [0.2, 0.25) is 5.91 Å². The average molecular weight is 498 g/mol. The van der Waals surface area contributed by atoms with Crippen LogP contribution in [0.2, 0.25) is 0 Å². The minimum atomic E-state index is -0.536. The van der Waals surface area contributed by atoms with Crippen molar-refractivity contribution in [1.82, 2.24) is 15.1 Å². The number of ether oxygens (including phenoxy) is 1. The van der Waals surface area contributed by atoms with Crippen molar-refractivity contribution < 1.29 is 23.9 Å². The van der Waals surface area contributed by atoms with Crippen LogP contribution in [-0.2, 0) is 24.5 Å².